The van der Waals surface area contributed by atoms with Gasteiger partial charge in [-0.05, 0) is 170 Å². The standard InChI is InChI=1S/C68H103F4N15O13S2/c69-41-9-13-47-45(22-41)39(27-76-47)20-50-62(95)82-51(21-40-28-77-48-14-10-42(70)23-46(40)48)63(96)84-53(25-59(91)92)65(98)83-52(24-43-29-75-35-79-43)64(97)85-54(19-36-7-11-44(88)12-8-36)67(100)87-34-68(71,72)26-56(87)66(99)86-55(60(74)93)33-102-32-38-5-3-4-37(18-38)31-101-17-15-57(89)80-49(6-1-2-16-73)61(94)78-30-58(90)81-50/h3-5,18,36,39-56,75-77,79,88H,1-2,6-17,19-35,73H2,(H2,74,93)(H,78,94)(H,80,89)(H,81,90)(H,82,95)(H,83,98)(H,84,96)(H,85,97)(H,86,99)(H,91,92)/t36?,39?,40?,41?,42?,43?,44?,45?,46?,47?,48?,49-,50-,51-,52-,53-,54-,55?,56-/m0/s1. The van der Waals surface area contributed by atoms with Gasteiger partial charge in [-0.25, -0.2) is 17.6 Å². The zero-order valence-electron chi connectivity index (χ0n) is 57.5. The van der Waals surface area contributed by atoms with Crippen molar-refractivity contribution >= 4 is 88.6 Å². The fraction of sp³-hybridized carbons (Fsp3) is 0.750. The van der Waals surface area contributed by atoms with Crippen LogP contribution >= 0.6 is 23.5 Å². The van der Waals surface area contributed by atoms with E-state index in [9.17, 15) is 43.8 Å². The predicted molar refractivity (Wildman–Crippen MR) is 371 cm³/mol. The van der Waals surface area contributed by atoms with Crippen LogP contribution in [0.1, 0.15) is 140 Å². The molecule has 10 unspecified atom stereocenters. The molecule has 2 bridgehead atoms. The maximum atomic E-state index is 15.8. The monoisotopic (exact) mass is 1480 g/mol. The van der Waals surface area contributed by atoms with Crippen molar-refractivity contribution in [2.24, 2.45) is 41.1 Å². The normalized spacial score (nSPS) is 34.9. The number of halogens is 4. The summed E-state index contributed by atoms with van der Waals surface area (Å²) < 4.78 is 62.1. The zero-order chi connectivity index (χ0) is 73.2. The predicted octanol–water partition coefficient (Wildman–Crippen LogP) is -0.526. The van der Waals surface area contributed by atoms with Crippen molar-refractivity contribution in [2.45, 2.75) is 231 Å². The lowest BCUT2D eigenvalue weighted by atomic mass is 9.76. The maximum absolute atomic E-state index is 15.8. The van der Waals surface area contributed by atoms with Crippen LogP contribution in [0.3, 0.4) is 0 Å². The van der Waals surface area contributed by atoms with Gasteiger partial charge in [-0.1, -0.05) is 24.3 Å². The molecule has 3 aliphatic carbocycles. The van der Waals surface area contributed by atoms with Crippen molar-refractivity contribution in [2.75, 3.05) is 57.4 Å². The second-order valence-electron chi connectivity index (χ2n) is 29.1. The minimum Gasteiger partial charge on any atom is -0.481 e. The van der Waals surface area contributed by atoms with Crippen LogP contribution in [0.5, 0.6) is 0 Å². The number of hydrogen-bond acceptors (Lipinski definition) is 19. The van der Waals surface area contributed by atoms with Gasteiger partial charge < -0.3 is 90.4 Å². The molecule has 8 aliphatic rings. The van der Waals surface area contributed by atoms with Crippen LogP contribution in [0.15, 0.2) is 24.3 Å². The molecule has 9 rings (SSSR count). The number of aliphatic hydroxyl groups is 1. The van der Waals surface area contributed by atoms with Gasteiger partial charge in [0.2, 0.25) is 59.1 Å². The Bertz CT molecular complexity index is 3110. The Labute approximate surface area is 599 Å². The number of carbonyl (C=O) groups excluding carboxylic acids is 10. The maximum Gasteiger partial charge on any atom is 0.305 e. The van der Waals surface area contributed by atoms with Crippen LogP contribution in [-0.4, -0.2) is 228 Å². The van der Waals surface area contributed by atoms with Crippen LogP contribution < -0.4 is 75.3 Å². The molecular weight excluding hydrogens is 1370 g/mol. The SMILES string of the molecule is NCCCC[C@@H]1NC(=O)CCSCc2cccc(c2)CSCC(C(N)=O)NC(=O)[C@@H]2CC(F)(F)CN2C(=O)[C@H](CC2CCC(O)CC2)NC(=O)[C@H](CC2CNCN2)NC(=O)[C@H](CC(=O)O)NC(=O)[C@H](CC2CNC3CCC(F)CC23)NC(=O)[C@H](CC2CNC3CCC(F)CC23)NC(=O)CNC1=O. The fourth-order valence-electron chi connectivity index (χ4n) is 15.9. The second kappa shape index (κ2) is 38.0. The van der Waals surface area contributed by atoms with Crippen LogP contribution in [0.25, 0.3) is 0 Å². The number of carbonyl (C=O) groups is 11. The van der Waals surface area contributed by atoms with E-state index in [-0.39, 0.29) is 113 Å². The number of aliphatic hydroxyl groups excluding tert-OH is 1. The molecule has 4 saturated heterocycles. The van der Waals surface area contributed by atoms with Crippen molar-refractivity contribution in [3.63, 3.8) is 0 Å². The lowest BCUT2D eigenvalue weighted by Crippen LogP contribution is -2.61. The second-order valence-corrected chi connectivity index (χ2v) is 31.2. The number of carboxylic acid groups (broad SMARTS) is 1. The molecule has 28 nitrogen and oxygen atoms in total. The number of nitrogens with two attached hydrogens (primary N) is 2. The molecule has 0 radical (unpaired) electrons. The van der Waals surface area contributed by atoms with Crippen LogP contribution in [0.4, 0.5) is 17.6 Å². The molecule has 18 N–H and O–H groups in total. The summed E-state index contributed by atoms with van der Waals surface area (Å²) in [4.78, 5) is 158. The number of alkyl halides is 4. The number of thioether (sulfide) groups is 2. The molecule has 1 aromatic rings. The molecule has 5 heterocycles. The summed E-state index contributed by atoms with van der Waals surface area (Å²) in [6, 6.07) is -6.02. The third kappa shape index (κ3) is 23.3. The quantitative estimate of drug-likeness (QED) is 0.0775. The number of nitrogens with zero attached hydrogens (tertiary/aromatic N) is 1. The average Bonchev–Trinajstić information content (AvgIpc) is 1.65. The highest BCUT2D eigenvalue weighted by atomic mass is 32.2. The number of benzene rings is 1. The molecule has 10 amide bonds. The van der Waals surface area contributed by atoms with Crippen LogP contribution in [0, 0.1) is 29.6 Å². The molecule has 1 aromatic carbocycles. The highest BCUT2D eigenvalue weighted by Crippen LogP contribution is 2.41. The van der Waals surface area contributed by atoms with Crippen molar-refractivity contribution in [1.29, 1.82) is 0 Å². The molecule has 0 spiro atoms. The van der Waals surface area contributed by atoms with E-state index >= 15 is 36.7 Å². The number of hydrogen-bond donors (Lipinski definition) is 16. The first kappa shape index (κ1) is 79.7. The topological polar surface area (TPSA) is 428 Å². The Morgan fingerprint density at radius 1 is 0.627 bits per heavy atom. The number of fused-ring (bicyclic) bond motifs is 5. The van der Waals surface area contributed by atoms with Crippen molar-refractivity contribution in [3.8, 4) is 0 Å². The first-order valence-corrected chi connectivity index (χ1v) is 38.5. The van der Waals surface area contributed by atoms with Gasteiger partial charge in [-0.3, -0.25) is 52.7 Å². The fourth-order valence-corrected chi connectivity index (χ4v) is 17.8. The Kier molecular flexibility index (Phi) is 29.7. The van der Waals surface area contributed by atoms with Crippen molar-refractivity contribution < 1.29 is 80.5 Å². The smallest absolute Gasteiger partial charge is 0.305 e. The van der Waals surface area contributed by atoms with Gasteiger partial charge in [-0.15, -0.1) is 0 Å². The first-order valence-electron chi connectivity index (χ1n) is 36.2. The van der Waals surface area contributed by atoms with E-state index < -0.39 is 176 Å². The van der Waals surface area contributed by atoms with E-state index in [2.05, 4.69) is 63.8 Å². The lowest BCUT2D eigenvalue weighted by Gasteiger charge is -2.34. The molecule has 102 heavy (non-hydrogen) atoms. The van der Waals surface area contributed by atoms with E-state index in [0.717, 1.165) is 11.1 Å². The van der Waals surface area contributed by atoms with E-state index in [1.165, 1.54) is 23.5 Å². The number of nitrogens with one attached hydrogen (secondary N) is 12. The summed E-state index contributed by atoms with van der Waals surface area (Å²) in [5, 5.41) is 55.0. The molecule has 3 saturated carbocycles. The molecule has 7 fully saturated rings. The lowest BCUT2D eigenvalue weighted by molar-refractivity contribution is -0.143. The highest BCUT2D eigenvalue weighted by molar-refractivity contribution is 7.98. The molecule has 0 aromatic heterocycles. The largest absolute Gasteiger partial charge is 0.481 e. The molecule has 5 aliphatic heterocycles. The van der Waals surface area contributed by atoms with Gasteiger partial charge in [0.25, 0.3) is 5.92 Å². The van der Waals surface area contributed by atoms with E-state index in [0.29, 0.717) is 99.5 Å². The van der Waals surface area contributed by atoms with Gasteiger partial charge in [0, 0.05) is 67.2 Å². The van der Waals surface area contributed by atoms with E-state index in [1.807, 2.05) is 24.3 Å². The molecular formula is C68H103F4N15O13S2. The van der Waals surface area contributed by atoms with Crippen molar-refractivity contribution in [1.82, 2.24) is 68.7 Å². The van der Waals surface area contributed by atoms with Crippen molar-refractivity contribution in [3.05, 3.63) is 35.4 Å². The minimum atomic E-state index is -3.63. The Morgan fingerprint density at radius 2 is 1.21 bits per heavy atom. The number of primary amides is 1. The first-order chi connectivity index (χ1) is 48.8. The third-order valence-corrected chi connectivity index (χ3v) is 23.6. The number of amides is 10. The summed E-state index contributed by atoms with van der Waals surface area (Å²) in [7, 11) is 0. The third-order valence-electron chi connectivity index (χ3n) is 21.4. The highest BCUT2D eigenvalue weighted by Gasteiger charge is 2.53. The van der Waals surface area contributed by atoms with E-state index in [1.54, 1.807) is 0 Å². The summed E-state index contributed by atoms with van der Waals surface area (Å²) in [6.07, 6.45) is -1.44. The van der Waals surface area contributed by atoms with Gasteiger partial charge >= 0.3 is 5.97 Å². The van der Waals surface area contributed by atoms with Gasteiger partial charge in [0.05, 0.1) is 25.6 Å². The average molecular weight is 1480 g/mol. The Balaban J connectivity index is 1.03. The summed E-state index contributed by atoms with van der Waals surface area (Å²) in [5.74, 6) is -15.4. The number of rotatable bonds is 15. The van der Waals surface area contributed by atoms with Gasteiger partial charge in [0.15, 0.2) is 0 Å². The molecule has 17 atom stereocenters. The summed E-state index contributed by atoms with van der Waals surface area (Å²) in [5.41, 5.74) is 13.3. The van der Waals surface area contributed by atoms with Gasteiger partial charge in [0.1, 0.15) is 60.7 Å². The van der Waals surface area contributed by atoms with Crippen LogP contribution in [-0.2, 0) is 64.2 Å². The number of carboxylic acids is 1. The van der Waals surface area contributed by atoms with Gasteiger partial charge in [-0.2, -0.15) is 23.5 Å². The number of aliphatic carboxylic acids is 1. The van der Waals surface area contributed by atoms with E-state index in [4.69, 9.17) is 11.5 Å². The zero-order valence-corrected chi connectivity index (χ0v) is 59.1. The Hall–Kier alpha value is -6.43. The summed E-state index contributed by atoms with van der Waals surface area (Å²) >= 11 is 2.66. The Morgan fingerprint density at radius 3 is 1.80 bits per heavy atom. The summed E-state index contributed by atoms with van der Waals surface area (Å²) in [6.45, 7) is -0.489. The van der Waals surface area contributed by atoms with Crippen LogP contribution in [0.2, 0.25) is 0 Å². The number of unbranched alkanes of at least 4 members (excludes halogenated alkanes) is 1. The molecule has 34 heteroatoms. The minimum absolute atomic E-state index is 0.00532. The molecule has 568 valence electrons.